The van der Waals surface area contributed by atoms with Gasteiger partial charge in [0.05, 0.1) is 5.69 Å². The van der Waals surface area contributed by atoms with Gasteiger partial charge < -0.3 is 9.32 Å². The fraction of sp³-hybridized carbons (Fsp3) is 0.133. The van der Waals surface area contributed by atoms with Crippen LogP contribution in [0.1, 0.15) is 51.7 Å². The smallest absolute Gasteiger partial charge is 0.135 e. The van der Waals surface area contributed by atoms with E-state index in [0.717, 1.165) is 28.2 Å². The van der Waals surface area contributed by atoms with Gasteiger partial charge in [0.1, 0.15) is 11.2 Å². The molecule has 10 aromatic rings. The van der Waals surface area contributed by atoms with E-state index in [-0.39, 0.29) is 10.8 Å². The Morgan fingerprint density at radius 3 is 1.37 bits per heavy atom. The molecule has 0 saturated carbocycles. The first-order chi connectivity index (χ1) is 30.2. The molecule has 0 fully saturated rings. The highest BCUT2D eigenvalue weighted by atomic mass is 16.3. The molecule has 0 saturated heterocycles. The van der Waals surface area contributed by atoms with Crippen LogP contribution >= 0.6 is 0 Å². The van der Waals surface area contributed by atoms with Crippen LogP contribution in [0.25, 0.3) is 77.2 Å². The predicted octanol–water partition coefficient (Wildman–Crippen LogP) is 17.2. The second-order valence-electron chi connectivity index (χ2n) is 18.4. The lowest BCUT2D eigenvalue weighted by atomic mass is 9.63. The summed E-state index contributed by atoms with van der Waals surface area (Å²) in [5.41, 5.74) is 18.0. The largest absolute Gasteiger partial charge is 0.456 e. The Kier molecular flexibility index (Phi) is 9.02. The number of benzene rings is 9. The zero-order chi connectivity index (χ0) is 42.0. The van der Waals surface area contributed by atoms with E-state index in [2.05, 4.69) is 233 Å². The van der Waals surface area contributed by atoms with Gasteiger partial charge in [-0.2, -0.15) is 0 Å². The highest BCUT2D eigenvalue weighted by molar-refractivity contribution is 6.08. The SMILES string of the molecule is CC1(C)CCC(C)(C)c2cc3c(cc21)oc1ccc(-c2ccc4c(N(c5ccc(-c6ccccc6)cc5)c5ccc(-c6ccc(-c7ccccc7)cc6)cc5)cccc4c2)cc13. The third kappa shape index (κ3) is 6.68. The van der Waals surface area contributed by atoms with Crippen molar-refractivity contribution in [2.24, 2.45) is 0 Å². The Morgan fingerprint density at radius 2 is 0.806 bits per heavy atom. The van der Waals surface area contributed by atoms with Crippen molar-refractivity contribution < 1.29 is 4.42 Å². The number of hydrogen-bond donors (Lipinski definition) is 0. The van der Waals surface area contributed by atoms with Gasteiger partial charge in [0, 0.05) is 27.5 Å². The molecule has 1 aliphatic carbocycles. The lowest BCUT2D eigenvalue weighted by Crippen LogP contribution is -2.33. The molecule has 62 heavy (non-hydrogen) atoms. The van der Waals surface area contributed by atoms with E-state index in [9.17, 15) is 0 Å². The third-order valence-corrected chi connectivity index (χ3v) is 13.6. The molecule has 11 rings (SSSR count). The summed E-state index contributed by atoms with van der Waals surface area (Å²) in [5.74, 6) is 0. The third-order valence-electron chi connectivity index (χ3n) is 13.6. The molecule has 9 aromatic carbocycles. The normalized spacial score (nSPS) is 14.3. The first kappa shape index (κ1) is 37.8. The van der Waals surface area contributed by atoms with Crippen LogP contribution in [-0.2, 0) is 10.8 Å². The fourth-order valence-electron chi connectivity index (χ4n) is 9.81. The van der Waals surface area contributed by atoms with Crippen molar-refractivity contribution in [3.8, 4) is 44.5 Å². The number of rotatable bonds is 7. The second kappa shape index (κ2) is 14.8. The van der Waals surface area contributed by atoms with Crippen molar-refractivity contribution in [2.45, 2.75) is 51.4 Å². The average molecular weight is 800 g/mol. The maximum atomic E-state index is 6.55. The average Bonchev–Trinajstić information content (AvgIpc) is 3.68. The van der Waals surface area contributed by atoms with E-state index in [4.69, 9.17) is 4.42 Å². The standard InChI is InChI=1S/C60H49NO/c1-59(2)34-35-60(3,4)55-39-58-53(38-54(55)59)52-37-47(27-33-57(52)62-58)46-26-32-51-48(36-46)16-11-17-56(51)61(49-28-22-44(23-29-49)41-14-9-6-10-15-41)50-30-24-45(25-31-50)43-20-18-42(19-21-43)40-12-7-5-8-13-40/h5-33,36-39H,34-35H2,1-4H3. The van der Waals surface area contributed by atoms with Gasteiger partial charge in [-0.1, -0.05) is 167 Å². The van der Waals surface area contributed by atoms with Crippen LogP contribution in [0, 0.1) is 0 Å². The molecule has 1 aromatic heterocycles. The molecule has 0 unspecified atom stereocenters. The van der Waals surface area contributed by atoms with Crippen LogP contribution in [0.3, 0.4) is 0 Å². The van der Waals surface area contributed by atoms with Gasteiger partial charge in [0.2, 0.25) is 0 Å². The maximum absolute atomic E-state index is 6.55. The fourth-order valence-corrected chi connectivity index (χ4v) is 9.81. The molecule has 0 bridgehead atoms. The number of hydrogen-bond acceptors (Lipinski definition) is 2. The summed E-state index contributed by atoms with van der Waals surface area (Å²) in [6.45, 7) is 9.54. The molecule has 0 aliphatic heterocycles. The highest BCUT2D eigenvalue weighted by Crippen LogP contribution is 2.49. The molecule has 0 atom stereocenters. The summed E-state index contributed by atoms with van der Waals surface area (Å²) in [6.07, 6.45) is 2.37. The van der Waals surface area contributed by atoms with Crippen LogP contribution in [0.15, 0.2) is 205 Å². The first-order valence-electron chi connectivity index (χ1n) is 21.9. The Morgan fingerprint density at radius 1 is 0.355 bits per heavy atom. The highest BCUT2D eigenvalue weighted by Gasteiger charge is 2.37. The summed E-state index contributed by atoms with van der Waals surface area (Å²) in [6, 6.07) is 73.0. The molecule has 2 nitrogen and oxygen atoms in total. The first-order valence-corrected chi connectivity index (χ1v) is 21.9. The van der Waals surface area contributed by atoms with Crippen molar-refractivity contribution in [1.82, 2.24) is 0 Å². The summed E-state index contributed by atoms with van der Waals surface area (Å²) < 4.78 is 6.55. The zero-order valence-corrected chi connectivity index (χ0v) is 35.8. The van der Waals surface area contributed by atoms with E-state index in [1.807, 2.05) is 0 Å². The lowest BCUT2D eigenvalue weighted by molar-refractivity contribution is 0.332. The molecule has 0 N–H and O–H groups in total. The van der Waals surface area contributed by atoms with Gasteiger partial charge in [-0.25, -0.2) is 0 Å². The van der Waals surface area contributed by atoms with Crippen molar-refractivity contribution in [3.05, 3.63) is 211 Å². The Balaban J connectivity index is 0.977. The number of anilines is 3. The second-order valence-corrected chi connectivity index (χ2v) is 18.4. The Hall–Kier alpha value is -7.16. The summed E-state index contributed by atoms with van der Waals surface area (Å²) >= 11 is 0. The molecule has 0 amide bonds. The summed E-state index contributed by atoms with van der Waals surface area (Å²) in [7, 11) is 0. The van der Waals surface area contributed by atoms with Crippen molar-refractivity contribution >= 4 is 49.8 Å². The Labute approximate surface area is 364 Å². The number of nitrogens with zero attached hydrogens (tertiary/aromatic N) is 1. The maximum Gasteiger partial charge on any atom is 0.135 e. The van der Waals surface area contributed by atoms with Gasteiger partial charge >= 0.3 is 0 Å². The summed E-state index contributed by atoms with van der Waals surface area (Å²) in [5, 5.41) is 4.76. The lowest BCUT2D eigenvalue weighted by Gasteiger charge is -2.41. The summed E-state index contributed by atoms with van der Waals surface area (Å²) in [4.78, 5) is 2.40. The minimum Gasteiger partial charge on any atom is -0.456 e. The van der Waals surface area contributed by atoms with E-state index >= 15 is 0 Å². The van der Waals surface area contributed by atoms with Gasteiger partial charge in [0.15, 0.2) is 0 Å². The van der Waals surface area contributed by atoms with Gasteiger partial charge in [-0.05, 0) is 145 Å². The number of furan rings is 1. The van der Waals surface area contributed by atoms with E-state index < -0.39 is 0 Å². The van der Waals surface area contributed by atoms with E-state index in [1.54, 1.807) is 0 Å². The topological polar surface area (TPSA) is 16.4 Å². The minimum absolute atomic E-state index is 0.130. The molecular formula is C60H49NO. The molecule has 2 heteroatoms. The molecule has 1 aliphatic rings. The Bertz CT molecular complexity index is 3250. The monoisotopic (exact) mass is 799 g/mol. The van der Waals surface area contributed by atoms with Crippen LogP contribution in [0.4, 0.5) is 17.1 Å². The van der Waals surface area contributed by atoms with Crippen LogP contribution in [0.2, 0.25) is 0 Å². The van der Waals surface area contributed by atoms with Crippen LogP contribution in [0.5, 0.6) is 0 Å². The van der Waals surface area contributed by atoms with Crippen LogP contribution < -0.4 is 4.90 Å². The molecule has 0 radical (unpaired) electrons. The van der Waals surface area contributed by atoms with E-state index in [1.165, 1.54) is 90.0 Å². The van der Waals surface area contributed by atoms with Gasteiger partial charge in [-0.15, -0.1) is 0 Å². The quantitative estimate of drug-likeness (QED) is 0.160. The van der Waals surface area contributed by atoms with Crippen LogP contribution in [-0.4, -0.2) is 0 Å². The van der Waals surface area contributed by atoms with Crippen molar-refractivity contribution in [3.63, 3.8) is 0 Å². The minimum atomic E-state index is 0.130. The molecule has 300 valence electrons. The molecule has 1 heterocycles. The van der Waals surface area contributed by atoms with Gasteiger partial charge in [-0.3, -0.25) is 0 Å². The number of fused-ring (bicyclic) bond motifs is 5. The zero-order valence-electron chi connectivity index (χ0n) is 35.8. The molecule has 0 spiro atoms. The van der Waals surface area contributed by atoms with Crippen molar-refractivity contribution in [2.75, 3.05) is 4.90 Å². The predicted molar refractivity (Wildman–Crippen MR) is 263 cm³/mol. The van der Waals surface area contributed by atoms with Crippen molar-refractivity contribution in [1.29, 1.82) is 0 Å². The van der Waals surface area contributed by atoms with E-state index in [0.29, 0.717) is 0 Å². The molecular weight excluding hydrogens is 751 g/mol. The van der Waals surface area contributed by atoms with Gasteiger partial charge in [0.25, 0.3) is 0 Å².